The third-order valence-corrected chi connectivity index (χ3v) is 10.1. The van der Waals surface area contributed by atoms with Gasteiger partial charge < -0.3 is 10.6 Å². The van der Waals surface area contributed by atoms with Crippen molar-refractivity contribution >= 4 is 116 Å². The molecular formula is C46H34N10O10S3. The van der Waals surface area contributed by atoms with Crippen molar-refractivity contribution in [1.29, 1.82) is 0 Å². The summed E-state index contributed by atoms with van der Waals surface area (Å²) < 4.78 is 84.3. The number of urea groups is 1. The summed E-state index contributed by atoms with van der Waals surface area (Å²) in [6.07, 6.45) is 0. The van der Waals surface area contributed by atoms with Gasteiger partial charge in [0.1, 0.15) is 0 Å². The molecule has 2 amide bonds. The number of hydrogen-bond acceptors (Lipinski definition) is 17. The van der Waals surface area contributed by atoms with Crippen LogP contribution >= 0.6 is 0 Å². The molecule has 0 unspecified atom stereocenters. The lowest BCUT2D eigenvalue weighted by molar-refractivity contribution is 0.262. The van der Waals surface area contributed by atoms with Crippen molar-refractivity contribution in [2.75, 3.05) is 10.6 Å². The van der Waals surface area contributed by atoms with Crippen LogP contribution in [0.15, 0.2) is 216 Å². The Morgan fingerprint density at radius 3 is 1.14 bits per heavy atom. The third kappa shape index (κ3) is 15.1. The number of carbonyl (C=O) groups is 1. The Bertz CT molecular complexity index is 3580. The second-order valence-electron chi connectivity index (χ2n) is 14.0. The van der Waals surface area contributed by atoms with E-state index in [1.165, 1.54) is 18.2 Å². The van der Waals surface area contributed by atoms with Gasteiger partial charge in [0.05, 0.1) is 50.4 Å². The van der Waals surface area contributed by atoms with Gasteiger partial charge in [0.2, 0.25) is 0 Å². The van der Waals surface area contributed by atoms with Crippen LogP contribution in [-0.2, 0) is 31.3 Å². The predicted molar refractivity (Wildman–Crippen MR) is 257 cm³/mol. The number of hydrogen-bond donors (Lipinski definition) is 3. The summed E-state index contributed by atoms with van der Waals surface area (Å²) in [5.41, 5.74) is 6.85. The molecule has 0 bridgehead atoms. The lowest BCUT2D eigenvalue weighted by Gasteiger charge is -2.08. The molecule has 0 saturated carbocycles. The standard InChI is InChI=1S/C46H34N10O4S.2O3S/c1-30-11-13-34(14-12-30)50-56-45-28-27-44(40-24-23-37(29-41(40)45)61(58,59)60)55-52-36-21-17-32(18-22-36)48-46(57)47-31-15-19-35(20-16-31)51-54-43-26-25-42(38-9-5-6-10-39(38)43)53-49-33-7-3-2-4-8-33;2*1-4(2)3/h2-29H,1H3,(H2,47,48,57)(H,58,59,60);;. The lowest BCUT2D eigenvalue weighted by atomic mass is 10.1. The van der Waals surface area contributed by atoms with Gasteiger partial charge in [-0.3, -0.25) is 4.55 Å². The molecule has 0 heterocycles. The number of azo groups is 4. The van der Waals surface area contributed by atoms with E-state index in [2.05, 4.69) is 51.5 Å². The van der Waals surface area contributed by atoms with Crippen LogP contribution in [0.25, 0.3) is 21.5 Å². The fraction of sp³-hybridized carbons (Fsp3) is 0.0217. The zero-order valence-corrected chi connectivity index (χ0v) is 38.0. The molecule has 0 spiro atoms. The van der Waals surface area contributed by atoms with Crippen LogP contribution < -0.4 is 10.6 Å². The molecule has 23 heteroatoms. The Hall–Kier alpha value is -8.90. The second-order valence-corrected chi connectivity index (χ2v) is 16.2. The van der Waals surface area contributed by atoms with Crippen molar-refractivity contribution in [2.24, 2.45) is 40.9 Å². The zero-order chi connectivity index (χ0) is 49.3. The minimum absolute atomic E-state index is 0.289. The van der Waals surface area contributed by atoms with Crippen molar-refractivity contribution in [3.63, 3.8) is 0 Å². The maximum absolute atomic E-state index is 12.8. The predicted octanol–water partition coefficient (Wildman–Crippen LogP) is 12.8. The molecule has 8 aromatic carbocycles. The largest absolute Gasteiger partial charge is 0.425 e. The number of benzene rings is 8. The van der Waals surface area contributed by atoms with Crippen LogP contribution in [0.5, 0.6) is 0 Å². The van der Waals surface area contributed by atoms with Gasteiger partial charge in [0.25, 0.3) is 10.1 Å². The fourth-order valence-electron chi connectivity index (χ4n) is 6.14. The number of carbonyl (C=O) groups excluding carboxylic acids is 1. The summed E-state index contributed by atoms with van der Waals surface area (Å²) >= 11 is 0. The number of rotatable bonds is 11. The summed E-state index contributed by atoms with van der Waals surface area (Å²) in [5.74, 6) is 0. The van der Waals surface area contributed by atoms with Crippen LogP contribution in [-0.4, -0.2) is 44.3 Å². The van der Waals surface area contributed by atoms with Crippen molar-refractivity contribution in [2.45, 2.75) is 11.8 Å². The normalized spacial score (nSPS) is 11.3. The highest BCUT2D eigenvalue weighted by atomic mass is 32.2. The van der Waals surface area contributed by atoms with Gasteiger partial charge in [-0.25, -0.2) is 4.79 Å². The van der Waals surface area contributed by atoms with Crippen LogP contribution in [0, 0.1) is 6.92 Å². The van der Waals surface area contributed by atoms with Gasteiger partial charge >= 0.3 is 27.2 Å². The van der Waals surface area contributed by atoms with E-state index in [0.717, 1.165) is 27.7 Å². The van der Waals surface area contributed by atoms with E-state index in [9.17, 15) is 17.8 Å². The van der Waals surface area contributed by atoms with Crippen LogP contribution in [0.4, 0.5) is 61.7 Å². The summed E-state index contributed by atoms with van der Waals surface area (Å²) in [7, 11) is -10.7. The molecule has 8 aromatic rings. The maximum Gasteiger partial charge on any atom is 0.425 e. The van der Waals surface area contributed by atoms with E-state index in [-0.39, 0.29) is 4.90 Å². The van der Waals surface area contributed by atoms with Crippen LogP contribution in [0.3, 0.4) is 0 Å². The average Bonchev–Trinajstić information content (AvgIpc) is 3.32. The first-order chi connectivity index (χ1) is 33.1. The Balaban J connectivity index is 0.000000908. The number of nitrogens with one attached hydrogen (secondary N) is 2. The third-order valence-electron chi connectivity index (χ3n) is 9.25. The molecule has 346 valence electrons. The molecule has 0 aliphatic heterocycles. The Kier molecular flexibility index (Phi) is 16.9. The average molecular weight is 983 g/mol. The zero-order valence-electron chi connectivity index (χ0n) is 35.6. The highest BCUT2D eigenvalue weighted by molar-refractivity contribution is 7.85. The van der Waals surface area contributed by atoms with E-state index in [0.29, 0.717) is 56.3 Å². The molecule has 0 aliphatic rings. The van der Waals surface area contributed by atoms with Crippen molar-refractivity contribution in [1.82, 2.24) is 0 Å². The molecule has 20 nitrogen and oxygen atoms in total. The Morgan fingerprint density at radius 1 is 0.420 bits per heavy atom. The Labute approximate surface area is 395 Å². The van der Waals surface area contributed by atoms with E-state index >= 15 is 0 Å². The van der Waals surface area contributed by atoms with Crippen LogP contribution in [0.2, 0.25) is 0 Å². The van der Waals surface area contributed by atoms with Crippen molar-refractivity contribution in [3.8, 4) is 0 Å². The number of aryl methyl sites for hydroxylation is 1. The van der Waals surface area contributed by atoms with Crippen LogP contribution in [0.1, 0.15) is 5.56 Å². The summed E-state index contributed by atoms with van der Waals surface area (Å²) in [4.78, 5) is 12.6. The molecule has 0 saturated heterocycles. The number of amides is 2. The van der Waals surface area contributed by atoms with Gasteiger partial charge in [-0.2, -0.15) is 28.9 Å². The van der Waals surface area contributed by atoms with Gasteiger partial charge in [0.15, 0.2) is 0 Å². The molecule has 0 atom stereocenters. The number of fused-ring (bicyclic) bond motifs is 2. The van der Waals surface area contributed by atoms with Gasteiger partial charge in [0, 0.05) is 32.9 Å². The van der Waals surface area contributed by atoms with E-state index < -0.39 is 37.4 Å². The SMILES string of the molecule is Cc1ccc(N=Nc2ccc(N=Nc3ccc(NC(=O)Nc4ccc(N=Nc5ccc(N=Nc6ccccc6)c6ccccc56)cc4)cc3)c3ccc(S(=O)(=O)O)cc23)cc1.O=S(=O)=O.O=S(=O)=O. The molecular weight excluding hydrogens is 949 g/mol. The summed E-state index contributed by atoms with van der Waals surface area (Å²) in [5, 5.41) is 43.5. The summed E-state index contributed by atoms with van der Waals surface area (Å²) in [6, 6.07) is 49.3. The first kappa shape index (κ1) is 49.5. The highest BCUT2D eigenvalue weighted by Crippen LogP contribution is 2.38. The first-order valence-corrected chi connectivity index (χ1v) is 23.2. The van der Waals surface area contributed by atoms with Gasteiger partial charge in [-0.1, -0.05) is 66.2 Å². The minimum Gasteiger partial charge on any atom is -0.308 e. The molecule has 8 rings (SSSR count). The second kappa shape index (κ2) is 23.5. The van der Waals surface area contributed by atoms with Crippen molar-refractivity contribution < 1.29 is 43.0 Å². The van der Waals surface area contributed by atoms with Crippen molar-refractivity contribution in [3.05, 3.63) is 175 Å². The monoisotopic (exact) mass is 982 g/mol. The number of nitrogens with zero attached hydrogens (tertiary/aromatic N) is 8. The lowest BCUT2D eigenvalue weighted by Crippen LogP contribution is -2.19. The minimum atomic E-state index is -4.48. The summed E-state index contributed by atoms with van der Waals surface area (Å²) in [6.45, 7) is 1.97. The highest BCUT2D eigenvalue weighted by Gasteiger charge is 2.14. The molecule has 0 fully saturated rings. The van der Waals surface area contributed by atoms with Gasteiger partial charge in [-0.15, -0.1) is 45.7 Å². The topological polar surface area (TPSA) is 297 Å². The Morgan fingerprint density at radius 2 is 0.754 bits per heavy atom. The maximum atomic E-state index is 12.8. The smallest absolute Gasteiger partial charge is 0.308 e. The molecule has 0 aromatic heterocycles. The van der Waals surface area contributed by atoms with Gasteiger partial charge in [-0.05, 0) is 116 Å². The first-order valence-electron chi connectivity index (χ1n) is 19.8. The fourth-order valence-corrected chi connectivity index (χ4v) is 6.65. The molecule has 0 aliphatic carbocycles. The molecule has 3 N–H and O–H groups in total. The molecule has 0 radical (unpaired) electrons. The molecule has 69 heavy (non-hydrogen) atoms. The van der Waals surface area contributed by atoms with E-state index in [4.69, 9.17) is 25.3 Å². The van der Waals surface area contributed by atoms with E-state index in [1.54, 1.807) is 60.7 Å². The quantitative estimate of drug-likeness (QED) is 0.0813. The number of anilines is 2. The van der Waals surface area contributed by atoms with E-state index in [1.807, 2.05) is 97.9 Å².